The molecule has 0 fully saturated rings. The summed E-state index contributed by atoms with van der Waals surface area (Å²) >= 11 is 1.23. The van der Waals surface area contributed by atoms with Gasteiger partial charge in [-0.15, -0.1) is 11.3 Å². The molecule has 0 atom stereocenters. The van der Waals surface area contributed by atoms with Gasteiger partial charge >= 0.3 is 0 Å². The van der Waals surface area contributed by atoms with Crippen LogP contribution < -0.4 is 20.3 Å². The highest BCUT2D eigenvalue weighted by Gasteiger charge is 2.20. The largest absolute Gasteiger partial charge is 0.493 e. The molecule has 4 aromatic rings. The molecule has 33 heavy (non-hydrogen) atoms. The van der Waals surface area contributed by atoms with E-state index >= 15 is 0 Å². The minimum atomic E-state index is -0.255. The van der Waals surface area contributed by atoms with Gasteiger partial charge < -0.3 is 19.8 Å². The first kappa shape index (κ1) is 22.5. The molecular formula is C25H25N3O4S. The first-order valence-electron chi connectivity index (χ1n) is 10.4. The lowest BCUT2D eigenvalue weighted by molar-refractivity contribution is 0.103. The monoisotopic (exact) mass is 463 g/mol. The predicted molar refractivity (Wildman–Crippen MR) is 131 cm³/mol. The number of H-pyrrole nitrogens is 1. The maximum Gasteiger partial charge on any atom is 0.266 e. The van der Waals surface area contributed by atoms with Crippen LogP contribution in [0.15, 0.2) is 41.2 Å². The highest BCUT2D eigenvalue weighted by Crippen LogP contribution is 2.30. The topological polar surface area (TPSA) is 93.3 Å². The van der Waals surface area contributed by atoms with Crippen molar-refractivity contribution in [2.24, 2.45) is 0 Å². The van der Waals surface area contributed by atoms with E-state index in [1.807, 2.05) is 50.2 Å². The van der Waals surface area contributed by atoms with Crippen LogP contribution >= 0.6 is 11.3 Å². The maximum atomic E-state index is 13.0. The second-order valence-corrected chi connectivity index (χ2v) is 8.89. The smallest absolute Gasteiger partial charge is 0.266 e. The van der Waals surface area contributed by atoms with Crippen LogP contribution in [0.25, 0.3) is 10.2 Å². The number of benzene rings is 2. The number of anilines is 1. The van der Waals surface area contributed by atoms with Gasteiger partial charge in [0.2, 0.25) is 0 Å². The lowest BCUT2D eigenvalue weighted by Crippen LogP contribution is -2.14. The van der Waals surface area contributed by atoms with E-state index in [-0.39, 0.29) is 11.5 Å². The van der Waals surface area contributed by atoms with Gasteiger partial charge in [0, 0.05) is 12.1 Å². The molecule has 0 aliphatic carbocycles. The Kier molecular flexibility index (Phi) is 6.20. The average molecular weight is 464 g/mol. The molecule has 0 saturated carbocycles. The molecular weight excluding hydrogens is 438 g/mol. The number of carbonyl (C=O) groups excluding carboxylic acids is 1. The van der Waals surface area contributed by atoms with Crippen molar-refractivity contribution in [2.75, 3.05) is 19.5 Å². The van der Waals surface area contributed by atoms with Crippen LogP contribution in [0, 0.1) is 20.8 Å². The van der Waals surface area contributed by atoms with Gasteiger partial charge in [0.25, 0.3) is 11.5 Å². The summed E-state index contributed by atoms with van der Waals surface area (Å²) in [5.41, 5.74) is 4.14. The van der Waals surface area contributed by atoms with E-state index in [4.69, 9.17) is 9.47 Å². The third-order valence-electron chi connectivity index (χ3n) is 5.51. The lowest BCUT2D eigenvalue weighted by Gasteiger charge is -2.09. The van der Waals surface area contributed by atoms with Crippen LogP contribution in [-0.2, 0) is 6.42 Å². The molecule has 0 aliphatic heterocycles. The van der Waals surface area contributed by atoms with Crippen molar-refractivity contribution in [1.29, 1.82) is 0 Å². The Morgan fingerprint density at radius 1 is 1.06 bits per heavy atom. The van der Waals surface area contributed by atoms with Crippen molar-refractivity contribution < 1.29 is 14.3 Å². The number of carbonyl (C=O) groups is 1. The minimum absolute atomic E-state index is 0.247. The molecule has 170 valence electrons. The molecule has 0 saturated heterocycles. The summed E-state index contributed by atoms with van der Waals surface area (Å²) in [6.07, 6.45) is 0.409. The molecule has 0 unspecified atom stereocenters. The number of aryl methyl sites for hydroxylation is 3. The number of nitrogens with one attached hydrogen (secondary N) is 2. The van der Waals surface area contributed by atoms with Gasteiger partial charge in [0.15, 0.2) is 11.5 Å². The molecule has 2 aromatic carbocycles. The fraction of sp³-hybridized carbons (Fsp3) is 0.240. The van der Waals surface area contributed by atoms with Gasteiger partial charge in [0.1, 0.15) is 10.7 Å². The standard InChI is InChI=1S/C25H25N3O4S/c1-13-6-8-17(14(2)10-13)26-24(30)22-15(3)21-23(29)27-20(28-25(21)33-22)12-16-7-9-18(31-4)19(11-16)32-5/h6-11H,12H2,1-5H3,(H,26,30)(H,27,28,29). The number of hydrogen-bond acceptors (Lipinski definition) is 6. The zero-order valence-electron chi connectivity index (χ0n) is 19.2. The van der Waals surface area contributed by atoms with Gasteiger partial charge in [0.05, 0.1) is 24.5 Å². The zero-order chi connectivity index (χ0) is 23.7. The van der Waals surface area contributed by atoms with Crippen LogP contribution in [0.3, 0.4) is 0 Å². The highest BCUT2D eigenvalue weighted by molar-refractivity contribution is 7.20. The summed E-state index contributed by atoms with van der Waals surface area (Å²) in [6, 6.07) is 11.4. The van der Waals surface area contributed by atoms with E-state index < -0.39 is 0 Å². The Labute approximate surface area is 195 Å². The summed E-state index contributed by atoms with van der Waals surface area (Å²) in [5.74, 6) is 1.51. The Morgan fingerprint density at radius 3 is 2.52 bits per heavy atom. The van der Waals surface area contributed by atoms with Crippen molar-refractivity contribution in [3.63, 3.8) is 0 Å². The molecule has 0 aliphatic rings. The molecule has 2 N–H and O–H groups in total. The summed E-state index contributed by atoms with van der Waals surface area (Å²) in [4.78, 5) is 34.4. The van der Waals surface area contributed by atoms with Gasteiger partial charge in [-0.05, 0) is 55.7 Å². The zero-order valence-corrected chi connectivity index (χ0v) is 20.0. The van der Waals surface area contributed by atoms with Gasteiger partial charge in [-0.1, -0.05) is 23.8 Å². The summed E-state index contributed by atoms with van der Waals surface area (Å²) in [7, 11) is 3.16. The Bertz CT molecular complexity index is 1420. The van der Waals surface area contributed by atoms with Crippen molar-refractivity contribution >= 4 is 33.1 Å². The number of amides is 1. The van der Waals surface area contributed by atoms with Crippen LogP contribution in [0.2, 0.25) is 0 Å². The third-order valence-corrected chi connectivity index (χ3v) is 6.69. The van der Waals surface area contributed by atoms with E-state index in [0.717, 1.165) is 22.4 Å². The average Bonchev–Trinajstić information content (AvgIpc) is 3.12. The van der Waals surface area contributed by atoms with E-state index in [1.165, 1.54) is 11.3 Å². The van der Waals surface area contributed by atoms with Gasteiger partial charge in [-0.3, -0.25) is 9.59 Å². The van der Waals surface area contributed by atoms with Crippen molar-refractivity contribution in [3.8, 4) is 11.5 Å². The lowest BCUT2D eigenvalue weighted by atomic mass is 10.1. The number of nitrogens with zero attached hydrogens (tertiary/aromatic N) is 1. The molecule has 1 amide bonds. The molecule has 8 heteroatoms. The van der Waals surface area contributed by atoms with Crippen LogP contribution in [0.4, 0.5) is 5.69 Å². The quantitative estimate of drug-likeness (QED) is 0.430. The fourth-order valence-electron chi connectivity index (χ4n) is 3.81. The van der Waals surface area contributed by atoms with Crippen LogP contribution in [-0.4, -0.2) is 30.1 Å². The number of rotatable bonds is 6. The van der Waals surface area contributed by atoms with Crippen molar-refractivity contribution in [1.82, 2.24) is 9.97 Å². The number of aromatic nitrogens is 2. The summed E-state index contributed by atoms with van der Waals surface area (Å²) in [6.45, 7) is 5.74. The van der Waals surface area contributed by atoms with E-state index in [1.54, 1.807) is 21.1 Å². The van der Waals surface area contributed by atoms with Crippen LogP contribution in [0.5, 0.6) is 11.5 Å². The molecule has 0 radical (unpaired) electrons. The summed E-state index contributed by atoms with van der Waals surface area (Å²) in [5, 5.41) is 3.40. The normalized spacial score (nSPS) is 10.9. The first-order valence-corrected chi connectivity index (χ1v) is 11.2. The number of fused-ring (bicyclic) bond motifs is 1. The Hall–Kier alpha value is -3.65. The predicted octanol–water partition coefficient (Wildman–Crippen LogP) is 4.77. The van der Waals surface area contributed by atoms with E-state index in [9.17, 15) is 9.59 Å². The van der Waals surface area contributed by atoms with Gasteiger partial charge in [-0.25, -0.2) is 4.98 Å². The molecule has 0 bridgehead atoms. The molecule has 2 aromatic heterocycles. The SMILES string of the molecule is COc1ccc(Cc2nc3sc(C(=O)Nc4ccc(C)cc4C)c(C)c3c(=O)[nH]2)cc1OC. The number of hydrogen-bond donors (Lipinski definition) is 2. The Morgan fingerprint density at radius 2 is 1.82 bits per heavy atom. The second-order valence-electron chi connectivity index (χ2n) is 7.89. The molecule has 4 rings (SSSR count). The van der Waals surface area contributed by atoms with Crippen LogP contribution in [0.1, 0.15) is 37.7 Å². The number of ether oxygens (including phenoxy) is 2. The number of methoxy groups -OCH3 is 2. The second kappa shape index (κ2) is 9.07. The Balaban J connectivity index is 1.66. The highest BCUT2D eigenvalue weighted by atomic mass is 32.1. The fourth-order valence-corrected chi connectivity index (χ4v) is 4.90. The van der Waals surface area contributed by atoms with E-state index in [0.29, 0.717) is 44.4 Å². The molecule has 2 heterocycles. The number of thiophene rings is 1. The third kappa shape index (κ3) is 4.47. The summed E-state index contributed by atoms with van der Waals surface area (Å²) < 4.78 is 10.6. The van der Waals surface area contributed by atoms with Crippen molar-refractivity contribution in [3.05, 3.63) is 79.7 Å². The number of aromatic amines is 1. The first-order chi connectivity index (χ1) is 15.8. The maximum absolute atomic E-state index is 13.0. The molecule has 0 spiro atoms. The minimum Gasteiger partial charge on any atom is -0.493 e. The van der Waals surface area contributed by atoms with E-state index in [2.05, 4.69) is 15.3 Å². The van der Waals surface area contributed by atoms with Crippen molar-refractivity contribution in [2.45, 2.75) is 27.2 Å². The molecule has 7 nitrogen and oxygen atoms in total. The van der Waals surface area contributed by atoms with Gasteiger partial charge in [-0.2, -0.15) is 0 Å².